The first-order valence-corrected chi connectivity index (χ1v) is 18.5. The van der Waals surface area contributed by atoms with Gasteiger partial charge in [0.25, 0.3) is 5.91 Å². The minimum atomic E-state index is -4.90. The van der Waals surface area contributed by atoms with Crippen molar-refractivity contribution < 1.29 is 37.9 Å². The van der Waals surface area contributed by atoms with Crippen LogP contribution in [-0.4, -0.2) is 92.5 Å². The highest BCUT2D eigenvalue weighted by molar-refractivity contribution is 7.45. The molecule has 0 bridgehead atoms. The van der Waals surface area contributed by atoms with Crippen molar-refractivity contribution in [2.24, 2.45) is 4.99 Å². The zero-order valence-corrected chi connectivity index (χ0v) is 31.0. The monoisotopic (exact) mass is 752 g/mol. The van der Waals surface area contributed by atoms with Crippen LogP contribution >= 0.6 is 8.53 Å². The van der Waals surface area contributed by atoms with Gasteiger partial charge in [-0.25, -0.2) is 19.6 Å². The minimum Gasteiger partial charge on any atom is -0.425 e. The molecule has 1 fully saturated rings. The minimum absolute atomic E-state index is 0.0676. The summed E-state index contributed by atoms with van der Waals surface area (Å²) in [6.45, 7) is 11.0. The molecule has 1 aromatic carbocycles. The molecule has 14 nitrogen and oxygen atoms in total. The summed E-state index contributed by atoms with van der Waals surface area (Å²) in [4.78, 5) is 42.0. The van der Waals surface area contributed by atoms with Crippen molar-refractivity contribution in [1.82, 2.24) is 29.5 Å². The molecule has 3 heterocycles. The van der Waals surface area contributed by atoms with E-state index in [0.29, 0.717) is 67.9 Å². The van der Waals surface area contributed by atoms with Gasteiger partial charge in [0.2, 0.25) is 5.95 Å². The molecule has 4 rings (SSSR count). The number of aromatic nitrogens is 4. The SMILES string of the molecule is [2H]C[C@H]1O[C@@H](n2c(NCCCCCCNC(=O)C(F)(F)F)nc3c(NC(=O)c4ccccc4)ncnc32)CC1OP(OC=NCC)N(C(C)C)C(C)C. The molecule has 286 valence electrons. The zero-order valence-electron chi connectivity index (χ0n) is 31.1. The Morgan fingerprint density at radius 2 is 1.85 bits per heavy atom. The van der Waals surface area contributed by atoms with Crippen molar-refractivity contribution in [1.29, 1.82) is 0 Å². The fourth-order valence-corrected chi connectivity index (χ4v) is 7.24. The summed E-state index contributed by atoms with van der Waals surface area (Å²) in [5, 5.41) is 8.05. The maximum Gasteiger partial charge on any atom is 0.471 e. The van der Waals surface area contributed by atoms with E-state index in [9.17, 15) is 22.8 Å². The van der Waals surface area contributed by atoms with Crippen LogP contribution in [0.3, 0.4) is 0 Å². The average Bonchev–Trinajstić information content (AvgIpc) is 3.69. The third-order valence-corrected chi connectivity index (χ3v) is 10.0. The van der Waals surface area contributed by atoms with Gasteiger partial charge in [0.1, 0.15) is 12.6 Å². The molecular formula is C34H49F3N9O5P. The van der Waals surface area contributed by atoms with Gasteiger partial charge in [-0.05, 0) is 66.5 Å². The molecule has 1 saturated heterocycles. The van der Waals surface area contributed by atoms with E-state index >= 15 is 0 Å². The van der Waals surface area contributed by atoms with E-state index < -0.39 is 39.0 Å². The van der Waals surface area contributed by atoms with Gasteiger partial charge < -0.3 is 29.7 Å². The Labute approximate surface area is 304 Å². The predicted molar refractivity (Wildman–Crippen MR) is 194 cm³/mol. The van der Waals surface area contributed by atoms with Crippen LogP contribution in [0.4, 0.5) is 24.9 Å². The second-order valence-electron chi connectivity index (χ2n) is 12.6. The fourth-order valence-electron chi connectivity index (χ4n) is 5.62. The van der Waals surface area contributed by atoms with Crippen molar-refractivity contribution in [3.8, 4) is 0 Å². The number of fused-ring (bicyclic) bond motifs is 1. The molecule has 0 radical (unpaired) electrons. The Bertz CT molecular complexity index is 1640. The molecule has 0 saturated carbocycles. The third-order valence-electron chi connectivity index (χ3n) is 8.01. The van der Waals surface area contributed by atoms with Gasteiger partial charge in [-0.1, -0.05) is 31.0 Å². The molecule has 2 unspecified atom stereocenters. The quantitative estimate of drug-likeness (QED) is 0.0513. The Morgan fingerprint density at radius 1 is 1.13 bits per heavy atom. The lowest BCUT2D eigenvalue weighted by atomic mass is 10.2. The number of carbonyl (C=O) groups excluding carboxylic acids is 2. The standard InChI is InChI=1S/C34H49F3N9O5P/c1-7-38-21-49-52(46(22(2)3)23(4)5)51-26-19-27(50-24(26)6)45-30-28(29(41-20-42-30)44-31(47)25-15-11-10-12-16-25)43-33(45)40-18-14-9-8-13-17-39-32(48)34(35,36)37/h10-12,15-16,20-24,26-27H,7-9,13-14,17-19H2,1-6H3,(H,39,48)(H,40,43)(H,41,42,44,47)/t24-,26?,27-,52?/m1/s1/i6D. The fraction of sp³-hybridized carbons (Fsp3) is 0.588. The Hall–Kier alpha value is -3.92. The normalized spacial score (nSPS) is 18.8. The average molecular weight is 753 g/mol. The summed E-state index contributed by atoms with van der Waals surface area (Å²) in [5.41, 5.74) is 1.15. The van der Waals surface area contributed by atoms with Crippen molar-refractivity contribution in [3.05, 3.63) is 42.2 Å². The lowest BCUT2D eigenvalue weighted by Gasteiger charge is -2.36. The Balaban J connectivity index is 1.56. The van der Waals surface area contributed by atoms with Gasteiger partial charge in [-0.2, -0.15) is 13.2 Å². The maximum atomic E-state index is 13.1. The number of hydrogen-bond donors (Lipinski definition) is 3. The molecule has 0 spiro atoms. The van der Waals surface area contributed by atoms with Gasteiger partial charge in [0, 0.05) is 45.1 Å². The highest BCUT2D eigenvalue weighted by Crippen LogP contribution is 2.50. The second kappa shape index (κ2) is 19.2. The highest BCUT2D eigenvalue weighted by Gasteiger charge is 2.41. The smallest absolute Gasteiger partial charge is 0.425 e. The summed E-state index contributed by atoms with van der Waals surface area (Å²) in [6, 6.07) is 8.88. The number of amides is 2. The molecular weight excluding hydrogens is 702 g/mol. The summed E-state index contributed by atoms with van der Waals surface area (Å²) >= 11 is 0. The molecule has 2 amide bonds. The van der Waals surface area contributed by atoms with Crippen molar-refractivity contribution in [2.45, 2.75) is 110 Å². The van der Waals surface area contributed by atoms with E-state index in [4.69, 9.17) is 20.1 Å². The van der Waals surface area contributed by atoms with Gasteiger partial charge in [-0.15, -0.1) is 0 Å². The van der Waals surface area contributed by atoms with Gasteiger partial charge in [0.15, 0.2) is 23.4 Å². The highest BCUT2D eigenvalue weighted by atomic mass is 31.2. The first-order chi connectivity index (χ1) is 25.3. The molecule has 3 N–H and O–H groups in total. The number of unbranched alkanes of at least 4 members (excludes halogenated alkanes) is 3. The number of halogens is 3. The zero-order chi connectivity index (χ0) is 38.5. The molecule has 4 atom stereocenters. The van der Waals surface area contributed by atoms with Crippen molar-refractivity contribution in [2.75, 3.05) is 30.3 Å². The van der Waals surface area contributed by atoms with E-state index in [2.05, 4.69) is 58.0 Å². The van der Waals surface area contributed by atoms with Gasteiger partial charge in [-0.3, -0.25) is 19.1 Å². The molecule has 1 aliphatic rings. The number of ether oxygens (including phenoxy) is 1. The van der Waals surface area contributed by atoms with Gasteiger partial charge >= 0.3 is 20.6 Å². The van der Waals surface area contributed by atoms with E-state index in [1.54, 1.807) is 28.8 Å². The first kappa shape index (κ1) is 39.3. The molecule has 3 aromatic rings. The van der Waals surface area contributed by atoms with Crippen molar-refractivity contribution in [3.63, 3.8) is 0 Å². The summed E-state index contributed by atoms with van der Waals surface area (Å²) in [5.74, 6) is -1.73. The number of hydrogen-bond acceptors (Lipinski definition) is 11. The van der Waals surface area contributed by atoms with E-state index in [0.717, 1.165) is 0 Å². The molecule has 52 heavy (non-hydrogen) atoms. The van der Waals surface area contributed by atoms with Crippen molar-refractivity contribution >= 4 is 49.7 Å². The first-order valence-electron chi connectivity index (χ1n) is 18.1. The molecule has 0 aliphatic carbocycles. The number of aliphatic imine (C=N–C) groups is 1. The lowest BCUT2D eigenvalue weighted by Crippen LogP contribution is -2.37. The predicted octanol–water partition coefficient (Wildman–Crippen LogP) is 6.83. The number of rotatable bonds is 19. The number of imidazole rings is 1. The number of carbonyl (C=O) groups is 2. The largest absolute Gasteiger partial charge is 0.471 e. The number of benzene rings is 1. The number of nitrogens with zero attached hydrogens (tertiary/aromatic N) is 6. The number of anilines is 2. The second-order valence-corrected chi connectivity index (χ2v) is 14.0. The van der Waals surface area contributed by atoms with Crippen LogP contribution in [0, 0.1) is 0 Å². The number of alkyl halides is 3. The van der Waals surface area contributed by atoms with E-state index in [1.165, 1.54) is 12.7 Å². The topological polar surface area (TPSA) is 157 Å². The summed E-state index contributed by atoms with van der Waals surface area (Å²) in [7, 11) is -1.61. The summed E-state index contributed by atoms with van der Waals surface area (Å²) < 4.78 is 68.7. The maximum absolute atomic E-state index is 13.1. The van der Waals surface area contributed by atoms with Crippen LogP contribution < -0.4 is 16.0 Å². The van der Waals surface area contributed by atoms with Crippen LogP contribution in [0.25, 0.3) is 11.2 Å². The van der Waals surface area contributed by atoms with Gasteiger partial charge in [0.05, 0.1) is 12.2 Å². The van der Waals surface area contributed by atoms with Crippen LogP contribution in [0.1, 0.15) is 91.6 Å². The lowest BCUT2D eigenvalue weighted by molar-refractivity contribution is -0.173. The Morgan fingerprint density at radius 3 is 2.50 bits per heavy atom. The Kier molecular flexibility index (Phi) is 14.5. The summed E-state index contributed by atoms with van der Waals surface area (Å²) in [6.07, 6.45) is -1.30. The van der Waals surface area contributed by atoms with Crippen LogP contribution in [-0.2, 0) is 18.6 Å². The van der Waals surface area contributed by atoms with Crippen LogP contribution in [0.5, 0.6) is 0 Å². The molecule has 18 heteroatoms. The molecule has 2 aromatic heterocycles. The van der Waals surface area contributed by atoms with Crippen LogP contribution in [0.15, 0.2) is 41.7 Å². The van der Waals surface area contributed by atoms with E-state index in [-0.39, 0.29) is 37.3 Å². The van der Waals surface area contributed by atoms with E-state index in [1.807, 2.05) is 18.3 Å². The third kappa shape index (κ3) is 11.0. The number of nitrogens with one attached hydrogen (secondary N) is 3. The molecule has 1 aliphatic heterocycles. The van der Waals surface area contributed by atoms with Crippen LogP contribution in [0.2, 0.25) is 0 Å².